The van der Waals surface area contributed by atoms with Crippen LogP contribution < -0.4 is 4.74 Å². The van der Waals surface area contributed by atoms with E-state index in [1.165, 1.54) is 5.56 Å². The van der Waals surface area contributed by atoms with Crippen LogP contribution in [0.2, 0.25) is 0 Å². The number of hydrogen-bond acceptors (Lipinski definition) is 2. The van der Waals surface area contributed by atoms with Crippen molar-refractivity contribution >= 4 is 5.78 Å². The standard InChI is InChI=1S/C16H24O2/c1-6-7-15(17)14-10-13(11(2)3)8-9-16(14)18-12(4)5/h8-12H,6-7H2,1-5H3. The summed E-state index contributed by atoms with van der Waals surface area (Å²) in [5.41, 5.74) is 1.92. The molecule has 1 aromatic rings. The monoisotopic (exact) mass is 248 g/mol. The second-order valence-electron chi connectivity index (χ2n) is 5.25. The molecular formula is C16H24O2. The molecule has 1 aromatic carbocycles. The zero-order valence-electron chi connectivity index (χ0n) is 12.1. The van der Waals surface area contributed by atoms with Crippen molar-refractivity contribution in [3.8, 4) is 5.75 Å². The molecule has 0 aromatic heterocycles. The summed E-state index contributed by atoms with van der Waals surface area (Å²) in [6.45, 7) is 10.2. The summed E-state index contributed by atoms with van der Waals surface area (Å²) in [6, 6.07) is 5.96. The van der Waals surface area contributed by atoms with E-state index in [2.05, 4.69) is 13.8 Å². The highest BCUT2D eigenvalue weighted by molar-refractivity contribution is 5.98. The topological polar surface area (TPSA) is 26.3 Å². The van der Waals surface area contributed by atoms with E-state index in [4.69, 9.17) is 4.74 Å². The van der Waals surface area contributed by atoms with Crippen LogP contribution in [0, 0.1) is 0 Å². The SMILES string of the molecule is CCCC(=O)c1cc(C(C)C)ccc1OC(C)C. The van der Waals surface area contributed by atoms with Gasteiger partial charge in [0.2, 0.25) is 0 Å². The minimum atomic E-state index is 0.0862. The van der Waals surface area contributed by atoms with Gasteiger partial charge in [-0.25, -0.2) is 0 Å². The number of hydrogen-bond donors (Lipinski definition) is 0. The molecule has 0 aliphatic rings. The number of carbonyl (C=O) groups is 1. The lowest BCUT2D eigenvalue weighted by Crippen LogP contribution is -2.10. The highest BCUT2D eigenvalue weighted by Crippen LogP contribution is 2.26. The molecule has 0 atom stereocenters. The molecule has 0 saturated carbocycles. The van der Waals surface area contributed by atoms with Gasteiger partial charge in [0.1, 0.15) is 5.75 Å². The van der Waals surface area contributed by atoms with Gasteiger partial charge in [-0.05, 0) is 43.9 Å². The molecule has 100 valence electrons. The second-order valence-corrected chi connectivity index (χ2v) is 5.25. The third kappa shape index (κ3) is 3.86. The predicted molar refractivity (Wildman–Crippen MR) is 75.5 cm³/mol. The molecule has 0 saturated heterocycles. The maximum atomic E-state index is 12.1. The highest BCUT2D eigenvalue weighted by atomic mass is 16.5. The molecule has 0 N–H and O–H groups in total. The van der Waals surface area contributed by atoms with Crippen molar-refractivity contribution in [2.24, 2.45) is 0 Å². The molecule has 0 unspecified atom stereocenters. The number of benzene rings is 1. The van der Waals surface area contributed by atoms with Crippen molar-refractivity contribution in [1.29, 1.82) is 0 Å². The number of ether oxygens (including phenoxy) is 1. The van der Waals surface area contributed by atoms with Crippen LogP contribution in [0.25, 0.3) is 0 Å². The quantitative estimate of drug-likeness (QED) is 0.689. The van der Waals surface area contributed by atoms with Crippen LogP contribution >= 0.6 is 0 Å². The maximum Gasteiger partial charge on any atom is 0.166 e. The van der Waals surface area contributed by atoms with Crippen molar-refractivity contribution in [2.45, 2.75) is 59.5 Å². The maximum absolute atomic E-state index is 12.1. The van der Waals surface area contributed by atoms with E-state index in [1.54, 1.807) is 0 Å². The summed E-state index contributed by atoms with van der Waals surface area (Å²) in [6.07, 6.45) is 1.53. The first kappa shape index (κ1) is 14.7. The van der Waals surface area contributed by atoms with Crippen LogP contribution in [0.1, 0.15) is 69.3 Å². The normalized spacial score (nSPS) is 11.1. The van der Waals surface area contributed by atoms with Crippen LogP contribution in [0.3, 0.4) is 0 Å². The molecule has 0 spiro atoms. The van der Waals surface area contributed by atoms with Crippen molar-refractivity contribution in [3.63, 3.8) is 0 Å². The minimum Gasteiger partial charge on any atom is -0.490 e. The van der Waals surface area contributed by atoms with E-state index >= 15 is 0 Å². The van der Waals surface area contributed by atoms with E-state index in [-0.39, 0.29) is 11.9 Å². The minimum absolute atomic E-state index is 0.0862. The summed E-state index contributed by atoms with van der Waals surface area (Å²) < 4.78 is 5.73. The van der Waals surface area contributed by atoms with Crippen LogP contribution in [-0.4, -0.2) is 11.9 Å². The fourth-order valence-electron chi connectivity index (χ4n) is 1.84. The molecule has 0 heterocycles. The Balaban J connectivity index is 3.13. The molecule has 0 aliphatic carbocycles. The lowest BCUT2D eigenvalue weighted by Gasteiger charge is -2.16. The van der Waals surface area contributed by atoms with Crippen molar-refractivity contribution < 1.29 is 9.53 Å². The first-order valence-corrected chi connectivity index (χ1v) is 6.79. The van der Waals surface area contributed by atoms with Crippen LogP contribution in [-0.2, 0) is 0 Å². The van der Waals surface area contributed by atoms with Gasteiger partial charge in [0.25, 0.3) is 0 Å². The van der Waals surface area contributed by atoms with Crippen LogP contribution in [0.4, 0.5) is 0 Å². The molecule has 0 amide bonds. The third-order valence-electron chi connectivity index (χ3n) is 2.81. The molecule has 2 nitrogen and oxygen atoms in total. The van der Waals surface area contributed by atoms with Gasteiger partial charge in [0.15, 0.2) is 5.78 Å². The second kappa shape index (κ2) is 6.58. The van der Waals surface area contributed by atoms with Crippen LogP contribution in [0.15, 0.2) is 18.2 Å². The molecule has 18 heavy (non-hydrogen) atoms. The average molecular weight is 248 g/mol. The molecule has 0 fully saturated rings. The number of Topliss-reactive ketones (excluding diaryl/α,β-unsaturated/α-hetero) is 1. The largest absolute Gasteiger partial charge is 0.490 e. The van der Waals surface area contributed by atoms with Gasteiger partial charge in [-0.1, -0.05) is 26.8 Å². The lowest BCUT2D eigenvalue weighted by molar-refractivity contribution is 0.0976. The Morgan fingerprint density at radius 1 is 1.22 bits per heavy atom. The molecule has 0 bridgehead atoms. The zero-order chi connectivity index (χ0) is 13.7. The van der Waals surface area contributed by atoms with E-state index in [0.717, 1.165) is 12.0 Å². The Labute approximate surface area is 110 Å². The predicted octanol–water partition coefficient (Wildman–Crippen LogP) is 4.58. The van der Waals surface area contributed by atoms with Gasteiger partial charge in [0, 0.05) is 6.42 Å². The Morgan fingerprint density at radius 3 is 2.39 bits per heavy atom. The molecule has 0 aliphatic heterocycles. The van der Waals surface area contributed by atoms with Crippen molar-refractivity contribution in [2.75, 3.05) is 0 Å². The van der Waals surface area contributed by atoms with Crippen LogP contribution in [0.5, 0.6) is 5.75 Å². The van der Waals surface area contributed by atoms with E-state index in [0.29, 0.717) is 18.1 Å². The van der Waals surface area contributed by atoms with Gasteiger partial charge in [-0.15, -0.1) is 0 Å². The van der Waals surface area contributed by atoms with Gasteiger partial charge in [-0.2, -0.15) is 0 Å². The zero-order valence-corrected chi connectivity index (χ0v) is 12.1. The molecule has 2 heteroatoms. The fraction of sp³-hybridized carbons (Fsp3) is 0.562. The Bertz CT molecular complexity index is 406. The van der Waals surface area contributed by atoms with Crippen molar-refractivity contribution in [1.82, 2.24) is 0 Å². The van der Waals surface area contributed by atoms with Gasteiger partial charge >= 0.3 is 0 Å². The average Bonchev–Trinajstić information content (AvgIpc) is 2.28. The Hall–Kier alpha value is -1.31. The molecule has 0 radical (unpaired) electrons. The lowest BCUT2D eigenvalue weighted by atomic mass is 9.97. The smallest absolute Gasteiger partial charge is 0.166 e. The summed E-state index contributed by atoms with van der Waals surface area (Å²) in [4.78, 5) is 12.1. The summed E-state index contributed by atoms with van der Waals surface area (Å²) >= 11 is 0. The van der Waals surface area contributed by atoms with Gasteiger partial charge in [0.05, 0.1) is 11.7 Å². The van der Waals surface area contributed by atoms with Gasteiger partial charge in [-0.3, -0.25) is 4.79 Å². The number of ketones is 1. The Morgan fingerprint density at radius 2 is 1.89 bits per heavy atom. The summed E-state index contributed by atoms with van der Waals surface area (Å²) in [5, 5.41) is 0. The fourth-order valence-corrected chi connectivity index (χ4v) is 1.84. The summed E-state index contributed by atoms with van der Waals surface area (Å²) in [5.74, 6) is 1.31. The van der Waals surface area contributed by atoms with Crippen molar-refractivity contribution in [3.05, 3.63) is 29.3 Å². The third-order valence-corrected chi connectivity index (χ3v) is 2.81. The van der Waals surface area contributed by atoms with Gasteiger partial charge < -0.3 is 4.74 Å². The van der Waals surface area contributed by atoms with E-state index in [1.807, 2.05) is 39.0 Å². The van der Waals surface area contributed by atoms with E-state index < -0.39 is 0 Å². The highest BCUT2D eigenvalue weighted by Gasteiger charge is 2.14. The summed E-state index contributed by atoms with van der Waals surface area (Å²) in [7, 11) is 0. The number of rotatable bonds is 6. The van der Waals surface area contributed by atoms with E-state index in [9.17, 15) is 4.79 Å². The molecule has 1 rings (SSSR count). The first-order valence-electron chi connectivity index (χ1n) is 6.79. The molecular weight excluding hydrogens is 224 g/mol. The number of carbonyl (C=O) groups excluding carboxylic acids is 1. The Kier molecular flexibility index (Phi) is 5.39. The first-order chi connectivity index (χ1) is 8.45.